The number of carboxylic acids is 1. The molecule has 0 fully saturated rings. The van der Waals surface area contributed by atoms with Crippen LogP contribution in [0.25, 0.3) is 11.1 Å². The van der Waals surface area contributed by atoms with Gasteiger partial charge in [0.05, 0.1) is 0 Å². The summed E-state index contributed by atoms with van der Waals surface area (Å²) in [5, 5.41) is 14.1. The van der Waals surface area contributed by atoms with E-state index in [2.05, 4.69) is 21.2 Å². The summed E-state index contributed by atoms with van der Waals surface area (Å²) in [6.07, 6.45) is 0. The SMILES string of the molecule is O=C(Nc1scc(-c2ccccc2Br)c1C(=O)O)c1ccc(F)cc1. The number of carboxylic acid groups (broad SMARTS) is 1. The van der Waals surface area contributed by atoms with Crippen molar-refractivity contribution in [1.29, 1.82) is 0 Å². The number of carbonyl (C=O) groups excluding carboxylic acids is 1. The van der Waals surface area contributed by atoms with Crippen LogP contribution in [0.3, 0.4) is 0 Å². The third-order valence-electron chi connectivity index (χ3n) is 3.50. The van der Waals surface area contributed by atoms with Crippen LogP contribution in [-0.2, 0) is 0 Å². The van der Waals surface area contributed by atoms with E-state index in [4.69, 9.17) is 0 Å². The highest BCUT2D eigenvalue weighted by atomic mass is 79.9. The largest absolute Gasteiger partial charge is 0.478 e. The van der Waals surface area contributed by atoms with Gasteiger partial charge in [0.25, 0.3) is 5.91 Å². The number of thiophene rings is 1. The predicted octanol–water partition coefficient (Wildman–Crippen LogP) is 5.27. The number of halogens is 2. The second kappa shape index (κ2) is 7.16. The molecule has 0 unspecified atom stereocenters. The average Bonchev–Trinajstić information content (AvgIpc) is 2.99. The van der Waals surface area contributed by atoms with Gasteiger partial charge in [0, 0.05) is 21.0 Å². The van der Waals surface area contributed by atoms with E-state index in [-0.39, 0.29) is 16.1 Å². The van der Waals surface area contributed by atoms with Crippen molar-refractivity contribution in [3.8, 4) is 11.1 Å². The Morgan fingerprint density at radius 2 is 1.72 bits per heavy atom. The number of rotatable bonds is 4. The summed E-state index contributed by atoms with van der Waals surface area (Å²) >= 11 is 4.54. The molecule has 0 radical (unpaired) electrons. The topological polar surface area (TPSA) is 66.4 Å². The first-order valence-electron chi connectivity index (χ1n) is 7.14. The van der Waals surface area contributed by atoms with E-state index in [0.717, 1.165) is 21.4 Å². The standard InChI is InChI=1S/C18H11BrFNO3S/c19-14-4-2-1-3-12(14)13-9-25-17(15(13)18(23)24)21-16(22)10-5-7-11(20)8-6-10/h1-9H,(H,21,22)(H,23,24). The van der Waals surface area contributed by atoms with E-state index in [0.29, 0.717) is 5.56 Å². The van der Waals surface area contributed by atoms with E-state index >= 15 is 0 Å². The lowest BCUT2D eigenvalue weighted by Crippen LogP contribution is -2.13. The van der Waals surface area contributed by atoms with E-state index in [1.165, 1.54) is 24.3 Å². The average molecular weight is 420 g/mol. The molecule has 2 aromatic carbocycles. The van der Waals surface area contributed by atoms with Crippen LogP contribution < -0.4 is 5.32 Å². The van der Waals surface area contributed by atoms with Gasteiger partial charge in [-0.2, -0.15) is 0 Å². The first-order chi connectivity index (χ1) is 12.0. The van der Waals surface area contributed by atoms with Crippen LogP contribution in [-0.4, -0.2) is 17.0 Å². The van der Waals surface area contributed by atoms with Gasteiger partial charge in [-0.05, 0) is 35.9 Å². The van der Waals surface area contributed by atoms with Gasteiger partial charge in [-0.1, -0.05) is 34.1 Å². The van der Waals surface area contributed by atoms with Crippen molar-refractivity contribution in [2.24, 2.45) is 0 Å². The minimum atomic E-state index is -1.14. The van der Waals surface area contributed by atoms with Crippen molar-refractivity contribution in [1.82, 2.24) is 0 Å². The molecule has 3 aromatic rings. The fourth-order valence-electron chi connectivity index (χ4n) is 2.32. The van der Waals surface area contributed by atoms with Gasteiger partial charge in [-0.25, -0.2) is 9.18 Å². The number of anilines is 1. The molecule has 7 heteroatoms. The number of nitrogens with one attached hydrogen (secondary N) is 1. The van der Waals surface area contributed by atoms with Crippen LogP contribution >= 0.6 is 27.3 Å². The van der Waals surface area contributed by atoms with E-state index in [1.807, 2.05) is 12.1 Å². The molecule has 1 amide bonds. The van der Waals surface area contributed by atoms with Gasteiger partial charge >= 0.3 is 5.97 Å². The Labute approximate surface area is 155 Å². The fourth-order valence-corrected chi connectivity index (χ4v) is 3.76. The molecule has 126 valence electrons. The maximum absolute atomic E-state index is 13.0. The Bertz CT molecular complexity index is 953. The van der Waals surface area contributed by atoms with Crippen LogP contribution in [0, 0.1) is 5.82 Å². The second-order valence-corrected chi connectivity index (χ2v) is 6.83. The molecule has 0 atom stereocenters. The molecule has 4 nitrogen and oxygen atoms in total. The molecule has 0 saturated heterocycles. The Balaban J connectivity index is 1.98. The Kier molecular flexibility index (Phi) is 4.96. The lowest BCUT2D eigenvalue weighted by molar-refractivity contribution is 0.0699. The van der Waals surface area contributed by atoms with Crippen molar-refractivity contribution >= 4 is 44.1 Å². The van der Waals surface area contributed by atoms with E-state index in [1.54, 1.807) is 17.5 Å². The van der Waals surface area contributed by atoms with Crippen LogP contribution in [0.2, 0.25) is 0 Å². The Hall–Kier alpha value is -2.51. The molecular weight excluding hydrogens is 409 g/mol. The minimum Gasteiger partial charge on any atom is -0.478 e. The van der Waals surface area contributed by atoms with Gasteiger partial charge in [-0.3, -0.25) is 4.79 Å². The second-order valence-electron chi connectivity index (χ2n) is 5.10. The first-order valence-corrected chi connectivity index (χ1v) is 8.81. The summed E-state index contributed by atoms with van der Waals surface area (Å²) in [5.74, 6) is -2.08. The number of hydrogen-bond acceptors (Lipinski definition) is 3. The number of benzene rings is 2. The number of hydrogen-bond donors (Lipinski definition) is 2. The molecule has 3 rings (SSSR count). The summed E-state index contributed by atoms with van der Waals surface area (Å²) in [4.78, 5) is 24.0. The number of aromatic carboxylic acids is 1. The maximum atomic E-state index is 13.0. The minimum absolute atomic E-state index is 0.0207. The Morgan fingerprint density at radius 1 is 1.04 bits per heavy atom. The van der Waals surface area contributed by atoms with Gasteiger partial charge in [0.15, 0.2) is 0 Å². The smallest absolute Gasteiger partial charge is 0.339 e. The molecular formula is C18H11BrFNO3S. The van der Waals surface area contributed by atoms with Gasteiger partial charge in [0.1, 0.15) is 16.4 Å². The van der Waals surface area contributed by atoms with Gasteiger partial charge < -0.3 is 10.4 Å². The summed E-state index contributed by atoms with van der Waals surface area (Å²) in [6.45, 7) is 0. The lowest BCUT2D eigenvalue weighted by atomic mass is 10.0. The quantitative estimate of drug-likeness (QED) is 0.605. The third kappa shape index (κ3) is 3.62. The third-order valence-corrected chi connectivity index (χ3v) is 5.09. The monoisotopic (exact) mass is 419 g/mol. The molecule has 0 aliphatic heterocycles. The zero-order valence-corrected chi connectivity index (χ0v) is 15.0. The number of carbonyl (C=O) groups is 2. The zero-order chi connectivity index (χ0) is 18.0. The molecule has 0 saturated carbocycles. The highest BCUT2D eigenvalue weighted by Gasteiger charge is 2.22. The van der Waals surface area contributed by atoms with Crippen molar-refractivity contribution in [2.45, 2.75) is 0 Å². The van der Waals surface area contributed by atoms with E-state index in [9.17, 15) is 19.1 Å². The van der Waals surface area contributed by atoms with Crippen LogP contribution in [0.15, 0.2) is 58.4 Å². The van der Waals surface area contributed by atoms with Crippen molar-refractivity contribution in [3.05, 3.63) is 75.3 Å². The summed E-state index contributed by atoms with van der Waals surface area (Å²) in [7, 11) is 0. The molecule has 0 aliphatic carbocycles. The summed E-state index contributed by atoms with van der Waals surface area (Å²) in [6, 6.07) is 12.3. The van der Waals surface area contributed by atoms with Crippen molar-refractivity contribution in [3.63, 3.8) is 0 Å². The molecule has 0 aliphatic rings. The Morgan fingerprint density at radius 3 is 2.36 bits per heavy atom. The summed E-state index contributed by atoms with van der Waals surface area (Å²) < 4.78 is 13.7. The van der Waals surface area contributed by atoms with Crippen LogP contribution in [0.4, 0.5) is 9.39 Å². The first kappa shape index (κ1) is 17.3. The van der Waals surface area contributed by atoms with Crippen LogP contribution in [0.1, 0.15) is 20.7 Å². The molecule has 0 bridgehead atoms. The molecule has 0 spiro atoms. The van der Waals surface area contributed by atoms with Crippen molar-refractivity contribution in [2.75, 3.05) is 5.32 Å². The highest BCUT2D eigenvalue weighted by Crippen LogP contribution is 2.38. The predicted molar refractivity (Wildman–Crippen MR) is 98.8 cm³/mol. The normalized spacial score (nSPS) is 10.5. The van der Waals surface area contributed by atoms with Gasteiger partial charge in [0.2, 0.25) is 0 Å². The molecule has 1 aromatic heterocycles. The zero-order valence-electron chi connectivity index (χ0n) is 12.6. The van der Waals surface area contributed by atoms with Crippen LogP contribution in [0.5, 0.6) is 0 Å². The summed E-state index contributed by atoms with van der Waals surface area (Å²) in [5.41, 5.74) is 1.50. The van der Waals surface area contributed by atoms with E-state index < -0.39 is 17.7 Å². The molecule has 2 N–H and O–H groups in total. The highest BCUT2D eigenvalue weighted by molar-refractivity contribution is 9.10. The number of amides is 1. The lowest BCUT2D eigenvalue weighted by Gasteiger charge is -2.07. The van der Waals surface area contributed by atoms with Crippen molar-refractivity contribution < 1.29 is 19.1 Å². The fraction of sp³-hybridized carbons (Fsp3) is 0. The maximum Gasteiger partial charge on any atom is 0.339 e. The van der Waals surface area contributed by atoms with Gasteiger partial charge in [-0.15, -0.1) is 11.3 Å². The molecule has 1 heterocycles. The molecule has 25 heavy (non-hydrogen) atoms.